The standard InChI is InChI=1S/C21H34N2O3/c1-9-11-13-18(12-10-2)14-21(7,25-8)23(16-17(3)15-22)19(24)26-20(4,5)6/h11-13H,3,9-10,14,16H2,1-2,4-8H3/b13-11-,18-12-. The Morgan fingerprint density at radius 3 is 2.27 bits per heavy atom. The number of rotatable bonds is 9. The van der Waals surface area contributed by atoms with Crippen molar-refractivity contribution >= 4 is 6.09 Å². The number of allylic oxidation sites excluding steroid dienone is 3. The molecule has 0 saturated carbocycles. The molecule has 0 aromatic carbocycles. The lowest BCUT2D eigenvalue weighted by Gasteiger charge is -2.40. The Bertz CT molecular complexity index is 579. The van der Waals surface area contributed by atoms with Crippen LogP contribution in [0.25, 0.3) is 0 Å². The summed E-state index contributed by atoms with van der Waals surface area (Å²) in [4.78, 5) is 14.2. The van der Waals surface area contributed by atoms with E-state index in [9.17, 15) is 4.79 Å². The zero-order valence-corrected chi connectivity index (χ0v) is 17.4. The van der Waals surface area contributed by atoms with Crippen molar-refractivity contribution in [1.82, 2.24) is 4.90 Å². The lowest BCUT2D eigenvalue weighted by atomic mass is 10.00. The molecule has 0 bridgehead atoms. The Labute approximate surface area is 159 Å². The van der Waals surface area contributed by atoms with Crippen molar-refractivity contribution in [2.24, 2.45) is 0 Å². The zero-order valence-electron chi connectivity index (χ0n) is 17.4. The van der Waals surface area contributed by atoms with Gasteiger partial charge in [0.25, 0.3) is 0 Å². The van der Waals surface area contributed by atoms with Gasteiger partial charge in [-0.3, -0.25) is 4.90 Å². The molecule has 1 unspecified atom stereocenters. The summed E-state index contributed by atoms with van der Waals surface area (Å²) in [7, 11) is 1.56. The minimum atomic E-state index is -0.971. The fourth-order valence-corrected chi connectivity index (χ4v) is 2.36. The molecule has 0 radical (unpaired) electrons. The second kappa shape index (κ2) is 10.8. The third kappa shape index (κ3) is 8.35. The molecule has 0 aromatic heterocycles. The van der Waals surface area contributed by atoms with Crippen LogP contribution in [0.4, 0.5) is 4.79 Å². The van der Waals surface area contributed by atoms with Crippen molar-refractivity contribution in [2.75, 3.05) is 13.7 Å². The predicted molar refractivity (Wildman–Crippen MR) is 106 cm³/mol. The summed E-state index contributed by atoms with van der Waals surface area (Å²) < 4.78 is 11.3. The van der Waals surface area contributed by atoms with Crippen molar-refractivity contribution < 1.29 is 14.3 Å². The Morgan fingerprint density at radius 1 is 1.23 bits per heavy atom. The van der Waals surface area contributed by atoms with E-state index >= 15 is 0 Å². The number of methoxy groups -OCH3 is 1. The van der Waals surface area contributed by atoms with Crippen molar-refractivity contribution in [3.05, 3.63) is 36.0 Å². The predicted octanol–water partition coefficient (Wildman–Crippen LogP) is 5.36. The smallest absolute Gasteiger partial charge is 0.412 e. The van der Waals surface area contributed by atoms with Crippen molar-refractivity contribution in [1.29, 1.82) is 5.26 Å². The van der Waals surface area contributed by atoms with Crippen molar-refractivity contribution in [3.63, 3.8) is 0 Å². The third-order valence-electron chi connectivity index (χ3n) is 3.70. The van der Waals surface area contributed by atoms with Crippen LogP contribution in [0, 0.1) is 11.3 Å². The van der Waals surface area contributed by atoms with Gasteiger partial charge in [0.05, 0.1) is 12.6 Å². The van der Waals surface area contributed by atoms with E-state index in [4.69, 9.17) is 14.7 Å². The number of hydrogen-bond acceptors (Lipinski definition) is 4. The van der Waals surface area contributed by atoms with Crippen LogP contribution in [0.1, 0.15) is 60.8 Å². The molecule has 0 spiro atoms. The van der Waals surface area contributed by atoms with Gasteiger partial charge < -0.3 is 9.47 Å². The number of ether oxygens (including phenoxy) is 2. The largest absolute Gasteiger partial charge is 0.444 e. The van der Waals surface area contributed by atoms with Gasteiger partial charge in [0.2, 0.25) is 0 Å². The summed E-state index contributed by atoms with van der Waals surface area (Å²) in [6.07, 6.45) is 7.97. The molecule has 0 aliphatic rings. The number of nitrogens with zero attached hydrogens (tertiary/aromatic N) is 2. The first-order valence-electron chi connectivity index (χ1n) is 9.02. The van der Waals surface area contributed by atoms with E-state index in [1.165, 1.54) is 4.90 Å². The molecule has 0 N–H and O–H groups in total. The lowest BCUT2D eigenvalue weighted by molar-refractivity contribution is -0.114. The van der Waals surface area contributed by atoms with Crippen molar-refractivity contribution in [3.8, 4) is 6.07 Å². The minimum absolute atomic E-state index is 0.0483. The second-order valence-corrected chi connectivity index (χ2v) is 7.34. The van der Waals surface area contributed by atoms with Gasteiger partial charge in [-0.2, -0.15) is 5.26 Å². The van der Waals surface area contributed by atoms with Crippen LogP contribution < -0.4 is 0 Å². The molecule has 5 heteroatoms. The van der Waals surface area contributed by atoms with Crippen LogP contribution in [0.3, 0.4) is 0 Å². The Kier molecular flexibility index (Phi) is 9.97. The molecule has 0 rings (SSSR count). The topological polar surface area (TPSA) is 62.6 Å². The summed E-state index contributed by atoms with van der Waals surface area (Å²) in [5.74, 6) is 0. The highest BCUT2D eigenvalue weighted by atomic mass is 16.6. The first kappa shape index (κ1) is 23.9. The van der Waals surface area contributed by atoms with E-state index in [-0.39, 0.29) is 12.1 Å². The van der Waals surface area contributed by atoms with E-state index in [0.29, 0.717) is 6.42 Å². The van der Waals surface area contributed by atoms with E-state index in [1.807, 2.05) is 19.1 Å². The van der Waals surface area contributed by atoms with Crippen LogP contribution >= 0.6 is 0 Å². The Balaban J connectivity index is 5.83. The molecule has 0 heterocycles. The summed E-state index contributed by atoms with van der Waals surface area (Å²) in [5, 5.41) is 9.13. The molecular formula is C21H34N2O3. The van der Waals surface area contributed by atoms with Gasteiger partial charge >= 0.3 is 6.09 Å². The highest BCUT2D eigenvalue weighted by molar-refractivity contribution is 5.69. The van der Waals surface area contributed by atoms with Crippen LogP contribution in [-0.4, -0.2) is 36.0 Å². The van der Waals surface area contributed by atoms with Gasteiger partial charge in [-0.05, 0) is 46.1 Å². The van der Waals surface area contributed by atoms with Crippen LogP contribution in [-0.2, 0) is 9.47 Å². The summed E-state index contributed by atoms with van der Waals surface area (Å²) in [5.41, 5.74) is -0.289. The average molecular weight is 363 g/mol. The van der Waals surface area contributed by atoms with Crippen LogP contribution in [0.5, 0.6) is 0 Å². The number of hydrogen-bond donors (Lipinski definition) is 0. The first-order chi connectivity index (χ1) is 12.0. The number of carbonyl (C=O) groups is 1. The monoisotopic (exact) mass is 362 g/mol. The Morgan fingerprint density at radius 2 is 1.85 bits per heavy atom. The number of carbonyl (C=O) groups excluding carboxylic acids is 1. The zero-order chi connectivity index (χ0) is 20.4. The molecule has 1 amide bonds. The summed E-state index contributed by atoms with van der Waals surface area (Å²) >= 11 is 0. The number of nitriles is 1. The molecular weight excluding hydrogens is 328 g/mol. The Hall–Kier alpha value is -2.06. The quantitative estimate of drug-likeness (QED) is 0.315. The van der Waals surface area contributed by atoms with Gasteiger partial charge in [-0.1, -0.05) is 38.7 Å². The highest BCUT2D eigenvalue weighted by Crippen LogP contribution is 2.28. The van der Waals surface area contributed by atoms with Gasteiger partial charge in [-0.25, -0.2) is 4.79 Å². The van der Waals surface area contributed by atoms with E-state index < -0.39 is 17.4 Å². The minimum Gasteiger partial charge on any atom is -0.444 e. The number of amides is 1. The van der Waals surface area contributed by atoms with E-state index in [1.54, 1.807) is 27.9 Å². The molecule has 0 aliphatic carbocycles. The summed E-state index contributed by atoms with van der Waals surface area (Å²) in [6.45, 7) is 15.1. The average Bonchev–Trinajstić information content (AvgIpc) is 2.55. The maximum atomic E-state index is 12.8. The van der Waals surface area contributed by atoms with Gasteiger partial charge in [0.15, 0.2) is 0 Å². The molecule has 26 heavy (non-hydrogen) atoms. The van der Waals surface area contributed by atoms with E-state index in [2.05, 4.69) is 32.6 Å². The van der Waals surface area contributed by atoms with Gasteiger partial charge in [0.1, 0.15) is 11.3 Å². The highest BCUT2D eigenvalue weighted by Gasteiger charge is 2.38. The fraction of sp³-hybridized carbons (Fsp3) is 0.619. The molecule has 0 aromatic rings. The molecule has 5 nitrogen and oxygen atoms in total. The fourth-order valence-electron chi connectivity index (χ4n) is 2.36. The second-order valence-electron chi connectivity index (χ2n) is 7.34. The van der Waals surface area contributed by atoms with Crippen LogP contribution in [0.2, 0.25) is 0 Å². The van der Waals surface area contributed by atoms with E-state index in [0.717, 1.165) is 18.4 Å². The third-order valence-corrected chi connectivity index (χ3v) is 3.70. The summed E-state index contributed by atoms with van der Waals surface area (Å²) in [6, 6.07) is 1.99. The molecule has 146 valence electrons. The van der Waals surface area contributed by atoms with Crippen LogP contribution in [0.15, 0.2) is 36.0 Å². The molecule has 0 fully saturated rings. The SMILES string of the molecule is C=C(C#N)CN(C(=O)OC(C)(C)C)C(C)(CC(/C=C\CC)=C\CC)OC. The first-order valence-corrected chi connectivity index (χ1v) is 9.02. The molecule has 0 aliphatic heterocycles. The maximum Gasteiger partial charge on any atom is 0.412 e. The normalized spacial score (nSPS) is 14.6. The molecule has 1 atom stereocenters. The van der Waals surface area contributed by atoms with Gasteiger partial charge in [0, 0.05) is 19.1 Å². The lowest BCUT2D eigenvalue weighted by Crippen LogP contribution is -2.53. The van der Waals surface area contributed by atoms with Crippen molar-refractivity contribution in [2.45, 2.75) is 72.1 Å². The van der Waals surface area contributed by atoms with Gasteiger partial charge in [-0.15, -0.1) is 0 Å². The maximum absolute atomic E-state index is 12.8. The molecule has 0 saturated heterocycles.